The van der Waals surface area contributed by atoms with E-state index in [0.29, 0.717) is 39.5 Å². The minimum absolute atomic E-state index is 0.232. The largest absolute Gasteiger partial charge is 0.496 e. The molecule has 0 aliphatic carbocycles. The molecule has 8 heteroatoms. The van der Waals surface area contributed by atoms with Crippen molar-refractivity contribution >= 4 is 11.7 Å². The molecule has 0 fully saturated rings. The van der Waals surface area contributed by atoms with Crippen LogP contribution < -0.4 is 15.8 Å². The zero-order chi connectivity index (χ0) is 26.7. The first kappa shape index (κ1) is 24.1. The third kappa shape index (κ3) is 3.80. The lowest BCUT2D eigenvalue weighted by Gasteiger charge is -2.18. The van der Waals surface area contributed by atoms with E-state index in [-0.39, 0.29) is 24.7 Å². The van der Waals surface area contributed by atoms with Gasteiger partial charge in [-0.15, -0.1) is 0 Å². The number of fused-ring (bicyclic) bond motifs is 8. The Bertz CT molecular complexity index is 1610. The maximum absolute atomic E-state index is 14.7. The number of nitrogens with two attached hydrogens (primary N) is 1. The molecule has 3 heterocycles. The van der Waals surface area contributed by atoms with Crippen molar-refractivity contribution in [1.29, 1.82) is 0 Å². The Morgan fingerprint density at radius 2 is 1.71 bits per heavy atom. The molecule has 2 atom stereocenters. The molecule has 2 bridgehead atoms. The molecule has 0 unspecified atom stereocenters. The number of hydrogen-bond donors (Lipinski definition) is 2. The quantitative estimate of drug-likeness (QED) is 0.358. The van der Waals surface area contributed by atoms with Gasteiger partial charge in [-0.05, 0) is 71.5 Å². The molecule has 1 aromatic heterocycles. The fourth-order valence-electron chi connectivity index (χ4n) is 5.57. The third-order valence-corrected chi connectivity index (χ3v) is 7.33. The number of ether oxygens (including phenoxy) is 2. The summed E-state index contributed by atoms with van der Waals surface area (Å²) in [6.07, 6.45) is -0.617. The molecule has 38 heavy (non-hydrogen) atoms. The van der Waals surface area contributed by atoms with Crippen molar-refractivity contribution in [3.63, 3.8) is 0 Å². The summed E-state index contributed by atoms with van der Waals surface area (Å²) in [5.41, 5.74) is 13.1. The second-order valence-electron chi connectivity index (χ2n) is 9.66. The highest BCUT2D eigenvalue weighted by molar-refractivity contribution is 5.94. The second-order valence-corrected chi connectivity index (χ2v) is 9.66. The van der Waals surface area contributed by atoms with Crippen LogP contribution in [0.5, 0.6) is 5.75 Å². The first-order valence-corrected chi connectivity index (χ1v) is 12.2. The van der Waals surface area contributed by atoms with Gasteiger partial charge in [0.15, 0.2) is 0 Å². The summed E-state index contributed by atoms with van der Waals surface area (Å²) in [6, 6.07) is 15.1. The highest BCUT2D eigenvalue weighted by atomic mass is 19.1. The molecule has 6 rings (SSSR count). The second kappa shape index (κ2) is 8.92. The lowest BCUT2D eigenvalue weighted by Crippen LogP contribution is -2.24. The van der Waals surface area contributed by atoms with Gasteiger partial charge >= 0.3 is 0 Å². The van der Waals surface area contributed by atoms with E-state index in [1.807, 2.05) is 37.3 Å². The lowest BCUT2D eigenvalue weighted by molar-refractivity contribution is 0.0857. The molecule has 0 radical (unpaired) electrons. The number of halogens is 2. The van der Waals surface area contributed by atoms with E-state index in [0.717, 1.165) is 33.9 Å². The monoisotopic (exact) mass is 513 g/mol. The first-order valence-electron chi connectivity index (χ1n) is 12.2. The highest BCUT2D eigenvalue weighted by Gasteiger charge is 2.43. The van der Waals surface area contributed by atoms with Crippen LogP contribution >= 0.6 is 0 Å². The predicted octanol–water partition coefficient (Wildman–Crippen LogP) is 5.69. The molecule has 0 saturated heterocycles. The molecule has 3 N–H and O–H groups in total. The highest BCUT2D eigenvalue weighted by Crippen LogP contribution is 2.55. The van der Waals surface area contributed by atoms with Gasteiger partial charge in [-0.2, -0.15) is 0 Å². The molecule has 0 saturated carbocycles. The van der Waals surface area contributed by atoms with E-state index >= 15 is 0 Å². The molecular formula is C30H25F2N3O3. The van der Waals surface area contributed by atoms with E-state index < -0.39 is 11.6 Å². The van der Waals surface area contributed by atoms with E-state index in [2.05, 4.69) is 10.3 Å². The molecule has 1 amide bonds. The third-order valence-electron chi connectivity index (χ3n) is 7.33. The topological polar surface area (TPSA) is 86.5 Å². The van der Waals surface area contributed by atoms with Crippen LogP contribution in [0.4, 0.5) is 14.6 Å². The van der Waals surface area contributed by atoms with Gasteiger partial charge in [0, 0.05) is 41.1 Å². The maximum atomic E-state index is 14.7. The molecular weight excluding hydrogens is 488 g/mol. The van der Waals surface area contributed by atoms with Gasteiger partial charge in [0.1, 0.15) is 35.4 Å². The number of methoxy groups -OCH3 is 1. The van der Waals surface area contributed by atoms with Crippen LogP contribution in [0.15, 0.2) is 54.6 Å². The van der Waals surface area contributed by atoms with Crippen molar-refractivity contribution in [3.05, 3.63) is 111 Å². The fourth-order valence-corrected chi connectivity index (χ4v) is 5.57. The SMILES string of the molecule is COc1cc(N)nc(C)c1CNC(=O)c1ccc2c(c1)[C@@H]1O[C@H]2c2ccc(-c3c(C)cc(F)cc3F)cc21. The van der Waals surface area contributed by atoms with E-state index in [1.54, 1.807) is 26.2 Å². The van der Waals surface area contributed by atoms with Crippen LogP contribution in [-0.4, -0.2) is 18.0 Å². The van der Waals surface area contributed by atoms with Crippen molar-refractivity contribution in [2.45, 2.75) is 32.6 Å². The van der Waals surface area contributed by atoms with Crippen LogP contribution in [-0.2, 0) is 11.3 Å². The van der Waals surface area contributed by atoms with Gasteiger partial charge in [-0.25, -0.2) is 13.8 Å². The minimum atomic E-state index is -0.603. The summed E-state index contributed by atoms with van der Waals surface area (Å²) in [5.74, 6) is -0.534. The molecule has 2 aliphatic rings. The Hall–Kier alpha value is -4.30. The number of benzene rings is 3. The Morgan fingerprint density at radius 3 is 2.45 bits per heavy atom. The molecule has 4 aromatic rings. The minimum Gasteiger partial charge on any atom is -0.496 e. The zero-order valence-electron chi connectivity index (χ0n) is 21.1. The van der Waals surface area contributed by atoms with Gasteiger partial charge < -0.3 is 20.5 Å². The summed E-state index contributed by atoms with van der Waals surface area (Å²) in [4.78, 5) is 17.3. The number of nitrogens with zero attached hydrogens (tertiary/aromatic N) is 1. The average molecular weight is 514 g/mol. The number of nitrogens with one attached hydrogen (secondary N) is 1. The number of nitrogen functional groups attached to an aromatic ring is 1. The number of hydrogen-bond acceptors (Lipinski definition) is 5. The van der Waals surface area contributed by atoms with Crippen molar-refractivity contribution in [2.24, 2.45) is 0 Å². The Labute approximate surface area is 218 Å². The Balaban J connectivity index is 1.28. The number of aromatic nitrogens is 1. The van der Waals surface area contributed by atoms with Crippen LogP contribution in [0.1, 0.15) is 61.6 Å². The number of anilines is 1. The van der Waals surface area contributed by atoms with Crippen LogP contribution in [0.25, 0.3) is 11.1 Å². The number of carbonyl (C=O) groups is 1. The molecule has 2 aliphatic heterocycles. The molecule has 3 aromatic carbocycles. The molecule has 0 spiro atoms. The summed E-state index contributed by atoms with van der Waals surface area (Å²) < 4.78 is 40.0. The van der Waals surface area contributed by atoms with Gasteiger partial charge in [0.2, 0.25) is 0 Å². The fraction of sp³-hybridized carbons (Fsp3) is 0.200. The van der Waals surface area contributed by atoms with Gasteiger partial charge in [-0.1, -0.05) is 18.2 Å². The zero-order valence-corrected chi connectivity index (χ0v) is 21.1. The van der Waals surface area contributed by atoms with E-state index in [1.165, 1.54) is 6.07 Å². The number of rotatable bonds is 5. The van der Waals surface area contributed by atoms with Crippen molar-refractivity contribution in [2.75, 3.05) is 12.8 Å². The number of aryl methyl sites for hydroxylation is 2. The Kier molecular flexibility index (Phi) is 5.65. The lowest BCUT2D eigenvalue weighted by atomic mass is 9.83. The van der Waals surface area contributed by atoms with Gasteiger partial charge in [0.25, 0.3) is 5.91 Å². The van der Waals surface area contributed by atoms with Crippen molar-refractivity contribution in [1.82, 2.24) is 10.3 Å². The van der Waals surface area contributed by atoms with E-state index in [9.17, 15) is 13.6 Å². The maximum Gasteiger partial charge on any atom is 0.251 e. The molecule has 6 nitrogen and oxygen atoms in total. The van der Waals surface area contributed by atoms with Crippen molar-refractivity contribution < 1.29 is 23.0 Å². The number of amides is 1. The van der Waals surface area contributed by atoms with Crippen LogP contribution in [0.3, 0.4) is 0 Å². The summed E-state index contributed by atoms with van der Waals surface area (Å²) >= 11 is 0. The summed E-state index contributed by atoms with van der Waals surface area (Å²) in [6.45, 7) is 3.74. The summed E-state index contributed by atoms with van der Waals surface area (Å²) in [5, 5.41) is 2.94. The van der Waals surface area contributed by atoms with Crippen molar-refractivity contribution in [3.8, 4) is 16.9 Å². The number of carbonyl (C=O) groups excluding carboxylic acids is 1. The van der Waals surface area contributed by atoms with Crippen LogP contribution in [0, 0.1) is 25.5 Å². The normalized spacial score (nSPS) is 16.8. The van der Waals surface area contributed by atoms with Crippen LogP contribution in [0.2, 0.25) is 0 Å². The van der Waals surface area contributed by atoms with E-state index in [4.69, 9.17) is 15.2 Å². The van der Waals surface area contributed by atoms with Gasteiger partial charge in [-0.3, -0.25) is 4.79 Å². The molecule has 192 valence electrons. The van der Waals surface area contributed by atoms with Gasteiger partial charge in [0.05, 0.1) is 7.11 Å². The Morgan fingerprint density at radius 1 is 1.00 bits per heavy atom. The summed E-state index contributed by atoms with van der Waals surface area (Å²) in [7, 11) is 1.55. The first-order chi connectivity index (χ1) is 18.2. The smallest absolute Gasteiger partial charge is 0.251 e. The predicted molar refractivity (Wildman–Crippen MR) is 139 cm³/mol. The standard InChI is InChI=1S/C30H25F2N3O3/c1-14-8-18(31)11-24(32)27(14)16-4-6-19-21(9-16)29-22-10-17(5-7-20(22)28(19)38-29)30(36)34-13-23-15(2)35-26(33)12-25(23)37-3/h4-12,28-29H,13H2,1-3H3,(H2,33,35)(H,34,36)/t28-,29+/m0/s1. The number of pyridine rings is 1. The average Bonchev–Trinajstić information content (AvgIpc) is 3.44.